The summed E-state index contributed by atoms with van der Waals surface area (Å²) in [6, 6.07) is 10.2. The SMILES string of the molecule is COc1cc(CNCC(C)C)cc(Cl)c1OCc1ccccc1F.Cl. The summed E-state index contributed by atoms with van der Waals surface area (Å²) in [7, 11) is 1.56. The first-order valence-corrected chi connectivity index (χ1v) is 8.32. The third-order valence-corrected chi connectivity index (χ3v) is 3.78. The highest BCUT2D eigenvalue weighted by molar-refractivity contribution is 6.32. The van der Waals surface area contributed by atoms with Crippen molar-refractivity contribution in [3.05, 3.63) is 58.4 Å². The van der Waals surface area contributed by atoms with E-state index in [1.165, 1.54) is 6.07 Å². The minimum atomic E-state index is -0.304. The van der Waals surface area contributed by atoms with E-state index < -0.39 is 0 Å². The molecule has 0 aliphatic rings. The topological polar surface area (TPSA) is 30.5 Å². The molecule has 138 valence electrons. The van der Waals surface area contributed by atoms with E-state index in [0.717, 1.165) is 12.1 Å². The number of halogens is 3. The standard InChI is InChI=1S/C19H23ClFNO2.ClH/c1-13(2)10-22-11-14-8-16(20)19(18(9-14)23-3)24-12-15-6-4-5-7-17(15)21;/h4-9,13,22H,10-12H2,1-3H3;1H. The molecule has 2 rings (SSSR count). The second-order valence-corrected chi connectivity index (χ2v) is 6.42. The molecule has 0 aliphatic carbocycles. The molecule has 0 atom stereocenters. The van der Waals surface area contributed by atoms with Gasteiger partial charge in [0.1, 0.15) is 12.4 Å². The van der Waals surface area contributed by atoms with Gasteiger partial charge in [-0.1, -0.05) is 43.6 Å². The summed E-state index contributed by atoms with van der Waals surface area (Å²) in [4.78, 5) is 0. The molecule has 1 N–H and O–H groups in total. The summed E-state index contributed by atoms with van der Waals surface area (Å²) in [5.41, 5.74) is 1.48. The molecule has 6 heteroatoms. The maximum Gasteiger partial charge on any atom is 0.180 e. The molecular weight excluding hydrogens is 364 g/mol. The summed E-state index contributed by atoms with van der Waals surface area (Å²) >= 11 is 6.33. The fourth-order valence-corrected chi connectivity index (χ4v) is 2.57. The molecule has 0 saturated carbocycles. The number of hydrogen-bond acceptors (Lipinski definition) is 3. The largest absolute Gasteiger partial charge is 0.493 e. The van der Waals surface area contributed by atoms with Crippen LogP contribution in [-0.2, 0) is 13.2 Å². The minimum absolute atomic E-state index is 0. The lowest BCUT2D eigenvalue weighted by Crippen LogP contribution is -2.19. The van der Waals surface area contributed by atoms with Gasteiger partial charge in [-0.25, -0.2) is 4.39 Å². The second-order valence-electron chi connectivity index (χ2n) is 6.01. The first-order chi connectivity index (χ1) is 11.5. The second kappa shape index (κ2) is 10.5. The average Bonchev–Trinajstić information content (AvgIpc) is 2.54. The molecule has 0 heterocycles. The Kier molecular flexibility index (Phi) is 9.04. The van der Waals surface area contributed by atoms with Crippen molar-refractivity contribution in [3.63, 3.8) is 0 Å². The van der Waals surface area contributed by atoms with Crippen LogP contribution < -0.4 is 14.8 Å². The molecule has 2 aromatic carbocycles. The Morgan fingerprint density at radius 2 is 1.92 bits per heavy atom. The van der Waals surface area contributed by atoms with E-state index in [1.54, 1.807) is 25.3 Å². The molecule has 0 amide bonds. The van der Waals surface area contributed by atoms with Gasteiger partial charge in [-0.15, -0.1) is 12.4 Å². The highest BCUT2D eigenvalue weighted by Crippen LogP contribution is 2.37. The van der Waals surface area contributed by atoms with Crippen molar-refractivity contribution in [1.29, 1.82) is 0 Å². The van der Waals surface area contributed by atoms with Crippen LogP contribution >= 0.6 is 24.0 Å². The third-order valence-electron chi connectivity index (χ3n) is 3.50. The van der Waals surface area contributed by atoms with Gasteiger partial charge in [0.25, 0.3) is 0 Å². The molecule has 25 heavy (non-hydrogen) atoms. The Morgan fingerprint density at radius 3 is 2.56 bits per heavy atom. The van der Waals surface area contributed by atoms with Gasteiger partial charge < -0.3 is 14.8 Å². The van der Waals surface area contributed by atoms with E-state index in [2.05, 4.69) is 19.2 Å². The Morgan fingerprint density at radius 1 is 1.20 bits per heavy atom. The van der Waals surface area contributed by atoms with Gasteiger partial charge in [-0.3, -0.25) is 0 Å². The van der Waals surface area contributed by atoms with Crippen LogP contribution in [0, 0.1) is 11.7 Å². The molecule has 2 aromatic rings. The molecule has 0 fully saturated rings. The van der Waals surface area contributed by atoms with E-state index in [0.29, 0.717) is 34.5 Å². The number of methoxy groups -OCH3 is 1. The van der Waals surface area contributed by atoms with Crippen LogP contribution in [0.1, 0.15) is 25.0 Å². The van der Waals surface area contributed by atoms with E-state index in [1.807, 2.05) is 12.1 Å². The van der Waals surface area contributed by atoms with Crippen molar-refractivity contribution in [3.8, 4) is 11.5 Å². The fraction of sp³-hybridized carbons (Fsp3) is 0.368. The van der Waals surface area contributed by atoms with Crippen molar-refractivity contribution in [2.75, 3.05) is 13.7 Å². The van der Waals surface area contributed by atoms with Crippen molar-refractivity contribution < 1.29 is 13.9 Å². The van der Waals surface area contributed by atoms with Crippen LogP contribution in [0.15, 0.2) is 36.4 Å². The lowest BCUT2D eigenvalue weighted by molar-refractivity contribution is 0.279. The zero-order valence-electron chi connectivity index (χ0n) is 14.6. The maximum absolute atomic E-state index is 13.7. The van der Waals surface area contributed by atoms with Gasteiger partial charge in [-0.05, 0) is 36.2 Å². The molecule has 0 radical (unpaired) electrons. The molecule has 0 spiro atoms. The van der Waals surface area contributed by atoms with Crippen molar-refractivity contribution in [2.45, 2.75) is 27.0 Å². The van der Waals surface area contributed by atoms with Crippen LogP contribution in [0.4, 0.5) is 4.39 Å². The van der Waals surface area contributed by atoms with E-state index in [4.69, 9.17) is 21.1 Å². The molecular formula is C19H24Cl2FNO2. The first-order valence-electron chi connectivity index (χ1n) is 7.94. The molecule has 0 aliphatic heterocycles. The lowest BCUT2D eigenvalue weighted by atomic mass is 10.1. The van der Waals surface area contributed by atoms with E-state index in [9.17, 15) is 4.39 Å². The first kappa shape index (κ1) is 21.6. The normalized spacial score (nSPS) is 10.5. The third kappa shape index (κ3) is 6.38. The Balaban J connectivity index is 0.00000312. The summed E-state index contributed by atoms with van der Waals surface area (Å²) in [6.45, 7) is 6.02. The quantitative estimate of drug-likeness (QED) is 0.672. The van der Waals surface area contributed by atoms with Gasteiger partial charge in [0.2, 0.25) is 0 Å². The number of nitrogens with one attached hydrogen (secondary N) is 1. The summed E-state index contributed by atoms with van der Waals surface area (Å²) in [5, 5.41) is 3.81. The van der Waals surface area contributed by atoms with E-state index in [-0.39, 0.29) is 24.8 Å². The van der Waals surface area contributed by atoms with Gasteiger partial charge in [0.05, 0.1) is 12.1 Å². The minimum Gasteiger partial charge on any atom is -0.493 e. The van der Waals surface area contributed by atoms with Crippen LogP contribution in [0.25, 0.3) is 0 Å². The number of hydrogen-bond donors (Lipinski definition) is 1. The highest BCUT2D eigenvalue weighted by atomic mass is 35.5. The molecule has 0 aromatic heterocycles. The van der Waals surface area contributed by atoms with Crippen LogP contribution in [-0.4, -0.2) is 13.7 Å². The molecule has 0 bridgehead atoms. The highest BCUT2D eigenvalue weighted by Gasteiger charge is 2.13. The Labute approximate surface area is 159 Å². The molecule has 0 unspecified atom stereocenters. The average molecular weight is 388 g/mol. The summed E-state index contributed by atoms with van der Waals surface area (Å²) in [6.07, 6.45) is 0. The Bertz CT molecular complexity index is 680. The number of benzene rings is 2. The van der Waals surface area contributed by atoms with Crippen molar-refractivity contribution in [2.24, 2.45) is 5.92 Å². The maximum atomic E-state index is 13.7. The van der Waals surface area contributed by atoms with Gasteiger partial charge in [0, 0.05) is 12.1 Å². The van der Waals surface area contributed by atoms with Gasteiger partial charge >= 0.3 is 0 Å². The van der Waals surface area contributed by atoms with Crippen molar-refractivity contribution >= 4 is 24.0 Å². The smallest absolute Gasteiger partial charge is 0.180 e. The van der Waals surface area contributed by atoms with Gasteiger partial charge in [0.15, 0.2) is 11.5 Å². The fourth-order valence-electron chi connectivity index (χ4n) is 2.29. The zero-order valence-corrected chi connectivity index (χ0v) is 16.2. The van der Waals surface area contributed by atoms with Crippen LogP contribution in [0.3, 0.4) is 0 Å². The van der Waals surface area contributed by atoms with Gasteiger partial charge in [-0.2, -0.15) is 0 Å². The predicted molar refractivity (Wildman–Crippen MR) is 103 cm³/mol. The van der Waals surface area contributed by atoms with Crippen LogP contribution in [0.5, 0.6) is 11.5 Å². The predicted octanol–water partition coefficient (Wildman–Crippen LogP) is 5.23. The lowest BCUT2D eigenvalue weighted by Gasteiger charge is -2.15. The Hall–Kier alpha value is -1.49. The van der Waals surface area contributed by atoms with Crippen LogP contribution in [0.2, 0.25) is 5.02 Å². The van der Waals surface area contributed by atoms with E-state index >= 15 is 0 Å². The summed E-state index contributed by atoms with van der Waals surface area (Å²) in [5.74, 6) is 1.24. The van der Waals surface area contributed by atoms with Crippen molar-refractivity contribution in [1.82, 2.24) is 5.32 Å². The number of rotatable bonds is 8. The molecule has 3 nitrogen and oxygen atoms in total. The number of ether oxygens (including phenoxy) is 2. The molecule has 0 saturated heterocycles. The zero-order chi connectivity index (χ0) is 17.5. The monoisotopic (exact) mass is 387 g/mol. The summed E-state index contributed by atoms with van der Waals surface area (Å²) < 4.78 is 24.8.